The van der Waals surface area contributed by atoms with Crippen LogP contribution in [0.15, 0.2) is 0 Å². The molecule has 1 heterocycles. The molecule has 1 aromatic heterocycles. The monoisotopic (exact) mass is 212 g/mol. The number of aromatic amines is 1. The van der Waals surface area contributed by atoms with Crippen molar-refractivity contribution >= 4 is 11.9 Å². The smallest absolute Gasteiger partial charge is 0.357 e. The van der Waals surface area contributed by atoms with Gasteiger partial charge in [-0.25, -0.2) is 14.6 Å². The molecule has 0 aromatic carbocycles. The molecule has 0 bridgehead atoms. The maximum Gasteiger partial charge on any atom is 0.357 e. The second-order valence-corrected chi connectivity index (χ2v) is 4.17. The first-order valence-corrected chi connectivity index (χ1v) is 4.30. The normalized spacial score (nSPS) is 11.4. The van der Waals surface area contributed by atoms with Crippen LogP contribution < -0.4 is 0 Å². The van der Waals surface area contributed by atoms with E-state index in [0.29, 0.717) is 5.82 Å². The first-order valence-electron chi connectivity index (χ1n) is 4.30. The maximum absolute atomic E-state index is 10.7. The van der Waals surface area contributed by atoms with Crippen molar-refractivity contribution in [3.8, 4) is 0 Å². The molecule has 1 aromatic rings. The van der Waals surface area contributed by atoms with Crippen LogP contribution in [0.25, 0.3) is 0 Å². The molecule has 6 heteroatoms. The van der Waals surface area contributed by atoms with E-state index in [4.69, 9.17) is 10.2 Å². The third-order valence-corrected chi connectivity index (χ3v) is 1.83. The van der Waals surface area contributed by atoms with Crippen molar-refractivity contribution in [3.05, 3.63) is 17.2 Å². The predicted molar refractivity (Wildman–Crippen MR) is 51.2 cm³/mol. The number of hydrogen-bond acceptors (Lipinski definition) is 3. The summed E-state index contributed by atoms with van der Waals surface area (Å²) in [5, 5.41) is 17.5. The number of carboxylic acid groups (broad SMARTS) is 2. The Bertz CT molecular complexity index is 383. The number of imidazole rings is 1. The number of carboxylic acids is 2. The van der Waals surface area contributed by atoms with Crippen LogP contribution in [0.4, 0.5) is 0 Å². The van der Waals surface area contributed by atoms with Gasteiger partial charge in [0, 0.05) is 5.41 Å². The summed E-state index contributed by atoms with van der Waals surface area (Å²) in [4.78, 5) is 27.7. The fourth-order valence-electron chi connectivity index (χ4n) is 1.04. The van der Waals surface area contributed by atoms with Gasteiger partial charge in [0.05, 0.1) is 0 Å². The highest BCUT2D eigenvalue weighted by atomic mass is 16.4. The fraction of sp³-hybridized carbons (Fsp3) is 0.444. The number of rotatable bonds is 2. The molecule has 0 fully saturated rings. The Labute approximate surface area is 86.0 Å². The summed E-state index contributed by atoms with van der Waals surface area (Å²) in [6.07, 6.45) is 0. The number of aromatic nitrogens is 2. The van der Waals surface area contributed by atoms with E-state index in [9.17, 15) is 9.59 Å². The van der Waals surface area contributed by atoms with Crippen LogP contribution in [0.5, 0.6) is 0 Å². The molecule has 1 rings (SSSR count). The SMILES string of the molecule is CC(C)(C)c1nc(C(=O)O)c(C(=O)O)[nH]1. The van der Waals surface area contributed by atoms with E-state index < -0.39 is 23.0 Å². The number of nitrogens with one attached hydrogen (secondary N) is 1. The Morgan fingerprint density at radius 2 is 1.73 bits per heavy atom. The first kappa shape index (κ1) is 11.2. The number of aromatic carboxylic acids is 2. The molecule has 0 aliphatic rings. The molecule has 0 radical (unpaired) electrons. The Morgan fingerprint density at radius 1 is 1.20 bits per heavy atom. The van der Waals surface area contributed by atoms with Crippen molar-refractivity contribution in [2.75, 3.05) is 0 Å². The highest BCUT2D eigenvalue weighted by Crippen LogP contribution is 2.20. The number of carbonyl (C=O) groups is 2. The lowest BCUT2D eigenvalue weighted by atomic mass is 9.96. The van der Waals surface area contributed by atoms with Crippen molar-refractivity contribution in [3.63, 3.8) is 0 Å². The minimum atomic E-state index is -1.35. The Hall–Kier alpha value is -1.85. The van der Waals surface area contributed by atoms with Crippen LogP contribution in [0, 0.1) is 0 Å². The van der Waals surface area contributed by atoms with E-state index in [0.717, 1.165) is 0 Å². The molecule has 0 amide bonds. The second kappa shape index (κ2) is 3.38. The third kappa shape index (κ3) is 2.15. The number of H-pyrrole nitrogens is 1. The standard InChI is InChI=1S/C9H12N2O4/c1-9(2,3)8-10-4(6(12)13)5(11-8)7(14)15/h1-3H3,(H,10,11)(H,12,13)(H,14,15). The van der Waals surface area contributed by atoms with Gasteiger partial charge in [0.1, 0.15) is 5.82 Å². The molecule has 0 aliphatic heterocycles. The van der Waals surface area contributed by atoms with Gasteiger partial charge in [0.2, 0.25) is 0 Å². The molecular formula is C9H12N2O4. The lowest BCUT2D eigenvalue weighted by molar-refractivity contribution is 0.0644. The van der Waals surface area contributed by atoms with E-state index in [-0.39, 0.29) is 5.69 Å². The van der Waals surface area contributed by atoms with Crippen molar-refractivity contribution in [1.82, 2.24) is 9.97 Å². The summed E-state index contributed by atoms with van der Waals surface area (Å²) in [7, 11) is 0. The molecule has 0 spiro atoms. The quantitative estimate of drug-likeness (QED) is 0.681. The Morgan fingerprint density at radius 3 is 2.00 bits per heavy atom. The minimum absolute atomic E-state index is 0.345. The molecule has 82 valence electrons. The van der Waals surface area contributed by atoms with Crippen molar-refractivity contribution in [1.29, 1.82) is 0 Å². The van der Waals surface area contributed by atoms with Crippen molar-refractivity contribution in [2.45, 2.75) is 26.2 Å². The van der Waals surface area contributed by atoms with Gasteiger partial charge in [-0.2, -0.15) is 0 Å². The van der Waals surface area contributed by atoms with E-state index in [1.54, 1.807) is 0 Å². The summed E-state index contributed by atoms with van der Waals surface area (Å²) in [5.41, 5.74) is -1.25. The zero-order valence-corrected chi connectivity index (χ0v) is 8.66. The summed E-state index contributed by atoms with van der Waals surface area (Å²) in [6.45, 7) is 5.43. The lowest BCUT2D eigenvalue weighted by Crippen LogP contribution is -2.13. The predicted octanol–water partition coefficient (Wildman–Crippen LogP) is 1.10. The van der Waals surface area contributed by atoms with Crippen LogP contribution in [-0.2, 0) is 5.41 Å². The third-order valence-electron chi connectivity index (χ3n) is 1.83. The van der Waals surface area contributed by atoms with Crippen LogP contribution in [-0.4, -0.2) is 32.1 Å². The van der Waals surface area contributed by atoms with Crippen LogP contribution in [0.1, 0.15) is 47.6 Å². The molecular weight excluding hydrogens is 200 g/mol. The molecule has 0 saturated heterocycles. The number of nitrogens with zero attached hydrogens (tertiary/aromatic N) is 1. The Kier molecular flexibility index (Phi) is 2.53. The maximum atomic E-state index is 10.7. The van der Waals surface area contributed by atoms with E-state index in [1.807, 2.05) is 20.8 Å². The first-order chi connectivity index (χ1) is 6.73. The van der Waals surface area contributed by atoms with Gasteiger partial charge in [-0.1, -0.05) is 20.8 Å². The van der Waals surface area contributed by atoms with Gasteiger partial charge >= 0.3 is 11.9 Å². The topological polar surface area (TPSA) is 103 Å². The van der Waals surface area contributed by atoms with Crippen LogP contribution in [0.2, 0.25) is 0 Å². The minimum Gasteiger partial charge on any atom is -0.477 e. The molecule has 15 heavy (non-hydrogen) atoms. The molecule has 3 N–H and O–H groups in total. The van der Waals surface area contributed by atoms with E-state index in [1.165, 1.54) is 0 Å². The van der Waals surface area contributed by atoms with E-state index >= 15 is 0 Å². The fourth-order valence-corrected chi connectivity index (χ4v) is 1.04. The van der Waals surface area contributed by atoms with Crippen LogP contribution >= 0.6 is 0 Å². The molecule has 0 aliphatic carbocycles. The number of hydrogen-bond donors (Lipinski definition) is 3. The molecule has 6 nitrogen and oxygen atoms in total. The average molecular weight is 212 g/mol. The zero-order chi connectivity index (χ0) is 11.8. The summed E-state index contributed by atoms with van der Waals surface area (Å²) in [5.74, 6) is -2.33. The molecule has 0 unspecified atom stereocenters. The van der Waals surface area contributed by atoms with Gasteiger partial charge in [0.15, 0.2) is 11.4 Å². The van der Waals surface area contributed by atoms with E-state index in [2.05, 4.69) is 9.97 Å². The van der Waals surface area contributed by atoms with Gasteiger partial charge in [-0.15, -0.1) is 0 Å². The van der Waals surface area contributed by atoms with Gasteiger partial charge in [-0.05, 0) is 0 Å². The average Bonchev–Trinajstić information content (AvgIpc) is 2.45. The summed E-state index contributed by atoms with van der Waals surface area (Å²) >= 11 is 0. The summed E-state index contributed by atoms with van der Waals surface area (Å²) in [6, 6.07) is 0. The van der Waals surface area contributed by atoms with Gasteiger partial charge < -0.3 is 15.2 Å². The molecule has 0 atom stereocenters. The van der Waals surface area contributed by atoms with Crippen molar-refractivity contribution < 1.29 is 19.8 Å². The highest BCUT2D eigenvalue weighted by molar-refractivity contribution is 5.98. The second-order valence-electron chi connectivity index (χ2n) is 4.17. The Balaban J connectivity index is 3.34. The molecule has 0 saturated carbocycles. The largest absolute Gasteiger partial charge is 0.477 e. The zero-order valence-electron chi connectivity index (χ0n) is 8.66. The highest BCUT2D eigenvalue weighted by Gasteiger charge is 2.26. The van der Waals surface area contributed by atoms with Crippen molar-refractivity contribution in [2.24, 2.45) is 0 Å². The lowest BCUT2D eigenvalue weighted by Gasteiger charge is -2.13. The van der Waals surface area contributed by atoms with Gasteiger partial charge in [0.25, 0.3) is 0 Å². The van der Waals surface area contributed by atoms with Crippen LogP contribution in [0.3, 0.4) is 0 Å². The van der Waals surface area contributed by atoms with Gasteiger partial charge in [-0.3, -0.25) is 0 Å². The summed E-state index contributed by atoms with van der Waals surface area (Å²) < 4.78 is 0.